The summed E-state index contributed by atoms with van der Waals surface area (Å²) in [5, 5.41) is 16.3. The van der Waals surface area contributed by atoms with Crippen molar-refractivity contribution in [3.63, 3.8) is 0 Å². The van der Waals surface area contributed by atoms with E-state index in [9.17, 15) is 5.11 Å². The van der Waals surface area contributed by atoms with Gasteiger partial charge in [-0.3, -0.25) is 0 Å². The molecule has 0 fully saturated rings. The van der Waals surface area contributed by atoms with Crippen molar-refractivity contribution in [1.82, 2.24) is 5.32 Å². The summed E-state index contributed by atoms with van der Waals surface area (Å²) in [6.07, 6.45) is 4.70. The van der Waals surface area contributed by atoms with Gasteiger partial charge in [0.2, 0.25) is 0 Å². The predicted molar refractivity (Wildman–Crippen MR) is 149 cm³/mol. The van der Waals surface area contributed by atoms with Gasteiger partial charge in [-0.05, 0) is 74.0 Å². The Hall–Kier alpha value is -1.37. The lowest BCUT2D eigenvalue weighted by Crippen LogP contribution is -2.36. The van der Waals surface area contributed by atoms with Crippen LogP contribution in [0, 0.1) is 13.8 Å². The highest BCUT2D eigenvalue weighted by atomic mass is 31.1. The third-order valence-electron chi connectivity index (χ3n) is 6.61. The van der Waals surface area contributed by atoms with E-state index in [1.165, 1.54) is 41.3 Å². The van der Waals surface area contributed by atoms with Crippen molar-refractivity contribution in [1.29, 1.82) is 0 Å². The molecule has 2 nitrogen and oxygen atoms in total. The van der Waals surface area contributed by atoms with E-state index in [0.29, 0.717) is 14.3 Å². The number of aryl methyl sites for hydroxylation is 2. The molecule has 0 bridgehead atoms. The highest BCUT2D eigenvalue weighted by Gasteiger charge is 2.33. The molecule has 2 rings (SSSR count). The molecular formula is C30H48NOP. The Morgan fingerprint density at radius 3 is 2.15 bits per heavy atom. The van der Waals surface area contributed by atoms with E-state index in [0.717, 1.165) is 24.1 Å². The predicted octanol–water partition coefficient (Wildman–Crippen LogP) is 7.99. The Morgan fingerprint density at radius 1 is 0.909 bits per heavy atom. The summed E-state index contributed by atoms with van der Waals surface area (Å²) >= 11 is 0. The molecule has 0 aliphatic carbocycles. The lowest BCUT2D eigenvalue weighted by molar-refractivity contribution is 0.425. The summed E-state index contributed by atoms with van der Waals surface area (Å²) in [4.78, 5) is 0. The zero-order valence-corrected chi connectivity index (χ0v) is 23.9. The van der Waals surface area contributed by atoms with Crippen LogP contribution in [0.3, 0.4) is 0 Å². The summed E-state index contributed by atoms with van der Waals surface area (Å²) in [7, 11) is 0.601. The maximum absolute atomic E-state index is 11.3. The van der Waals surface area contributed by atoms with Gasteiger partial charge in [0.05, 0.1) is 0 Å². The molecule has 0 aliphatic heterocycles. The van der Waals surface area contributed by atoms with Crippen LogP contribution in [0.1, 0.15) is 109 Å². The van der Waals surface area contributed by atoms with Crippen LogP contribution < -0.4 is 10.6 Å². The van der Waals surface area contributed by atoms with Crippen LogP contribution in [0.2, 0.25) is 0 Å². The second kappa shape index (κ2) is 10.9. The first-order valence-corrected chi connectivity index (χ1v) is 13.6. The number of hydrogen-bond donors (Lipinski definition) is 2. The third kappa shape index (κ3) is 7.56. The van der Waals surface area contributed by atoms with Crippen LogP contribution in [0.25, 0.3) is 0 Å². The van der Waals surface area contributed by atoms with Gasteiger partial charge in [0, 0.05) is 22.8 Å². The maximum atomic E-state index is 11.3. The Bertz CT molecular complexity index is 936. The molecule has 0 radical (unpaired) electrons. The quantitative estimate of drug-likeness (QED) is 0.288. The number of benzene rings is 2. The lowest BCUT2D eigenvalue weighted by atomic mass is 9.82. The average molecular weight is 470 g/mol. The summed E-state index contributed by atoms with van der Waals surface area (Å²) in [6.45, 7) is 23.3. The molecule has 2 N–H and O–H groups in total. The molecule has 0 spiro atoms. The fourth-order valence-electron chi connectivity index (χ4n) is 4.32. The molecule has 2 unspecified atom stereocenters. The molecule has 0 heterocycles. The van der Waals surface area contributed by atoms with Gasteiger partial charge in [-0.15, -0.1) is 0 Å². The number of nitrogens with one attached hydrogen (secondary N) is 1. The van der Waals surface area contributed by atoms with Gasteiger partial charge >= 0.3 is 0 Å². The fourth-order valence-corrected chi connectivity index (χ4v) is 6.11. The van der Waals surface area contributed by atoms with Gasteiger partial charge in [0.1, 0.15) is 5.75 Å². The largest absolute Gasteiger partial charge is 0.507 e. The molecule has 0 saturated carbocycles. The van der Waals surface area contributed by atoms with Crippen molar-refractivity contribution in [3.05, 3.63) is 58.1 Å². The zero-order valence-electron chi connectivity index (χ0n) is 22.9. The van der Waals surface area contributed by atoms with Crippen LogP contribution in [0.5, 0.6) is 5.75 Å². The summed E-state index contributed by atoms with van der Waals surface area (Å²) in [5.41, 5.74) is 6.28. The van der Waals surface area contributed by atoms with E-state index in [4.69, 9.17) is 0 Å². The van der Waals surface area contributed by atoms with Gasteiger partial charge in [0.25, 0.3) is 0 Å². The van der Waals surface area contributed by atoms with Crippen LogP contribution >= 0.6 is 8.58 Å². The SMILES string of the molecule is CCCCCC(C)(Pc1c(C)cccc1CNC(C)(C)C)c1cc(C(C)(C)C)cc(C)c1O. The number of unbranched alkanes of at least 4 members (excludes halogenated alkanes) is 2. The highest BCUT2D eigenvalue weighted by Crippen LogP contribution is 2.50. The second-order valence-electron chi connectivity index (χ2n) is 12.1. The van der Waals surface area contributed by atoms with Crippen LogP contribution in [0.15, 0.2) is 30.3 Å². The van der Waals surface area contributed by atoms with E-state index in [2.05, 4.69) is 105 Å². The summed E-state index contributed by atoms with van der Waals surface area (Å²) in [6, 6.07) is 11.2. The number of hydrogen-bond acceptors (Lipinski definition) is 2. The van der Waals surface area contributed by atoms with Gasteiger partial charge in [-0.1, -0.05) is 92.8 Å². The molecule has 2 aromatic carbocycles. The van der Waals surface area contributed by atoms with Crippen LogP contribution in [-0.4, -0.2) is 10.6 Å². The molecule has 0 saturated heterocycles. The van der Waals surface area contributed by atoms with E-state index in [1.807, 2.05) is 0 Å². The monoisotopic (exact) mass is 469 g/mol. The molecule has 0 aromatic heterocycles. The first-order valence-electron chi connectivity index (χ1n) is 12.6. The molecular weight excluding hydrogens is 421 g/mol. The van der Waals surface area contributed by atoms with Gasteiger partial charge < -0.3 is 10.4 Å². The Balaban J connectivity index is 2.60. The van der Waals surface area contributed by atoms with Crippen molar-refractivity contribution in [2.45, 2.75) is 118 Å². The van der Waals surface area contributed by atoms with Crippen LogP contribution in [-0.2, 0) is 17.1 Å². The van der Waals surface area contributed by atoms with E-state index in [1.54, 1.807) is 0 Å². The normalized spacial score (nSPS) is 14.7. The van der Waals surface area contributed by atoms with Crippen LogP contribution in [0.4, 0.5) is 0 Å². The molecule has 2 aromatic rings. The van der Waals surface area contributed by atoms with E-state index >= 15 is 0 Å². The van der Waals surface area contributed by atoms with Crippen molar-refractivity contribution in [3.8, 4) is 5.75 Å². The van der Waals surface area contributed by atoms with Crippen molar-refractivity contribution < 1.29 is 5.11 Å². The summed E-state index contributed by atoms with van der Waals surface area (Å²) < 4.78 is 0. The standard InChI is InChI=1S/C30H48NOP/c1-11-12-13-17-30(10,25-19-24(28(4,5)6)18-22(3)26(25)32)33-27-21(2)15-14-16-23(27)20-31-29(7,8)9/h14-16,18-19,31-33H,11-13,17,20H2,1-10H3. The lowest BCUT2D eigenvalue weighted by Gasteiger charge is -2.35. The Morgan fingerprint density at radius 2 is 1.58 bits per heavy atom. The molecule has 0 aliphatic rings. The Kier molecular flexibility index (Phi) is 9.22. The number of aromatic hydroxyl groups is 1. The maximum Gasteiger partial charge on any atom is 0.122 e. The van der Waals surface area contributed by atoms with Gasteiger partial charge in [-0.2, -0.15) is 0 Å². The number of rotatable bonds is 9. The van der Waals surface area contributed by atoms with Crippen molar-refractivity contribution in [2.75, 3.05) is 0 Å². The fraction of sp³-hybridized carbons (Fsp3) is 0.600. The van der Waals surface area contributed by atoms with E-state index < -0.39 is 0 Å². The summed E-state index contributed by atoms with van der Waals surface area (Å²) in [5.74, 6) is 0.484. The molecule has 0 amide bonds. The molecule has 3 heteroatoms. The second-order valence-corrected chi connectivity index (χ2v) is 13.9. The molecule has 184 valence electrons. The first-order chi connectivity index (χ1) is 15.2. The first kappa shape index (κ1) is 27.9. The van der Waals surface area contributed by atoms with Gasteiger partial charge in [-0.25, -0.2) is 0 Å². The topological polar surface area (TPSA) is 32.3 Å². The number of phenolic OH excluding ortho intramolecular Hbond substituents is 1. The van der Waals surface area contributed by atoms with Gasteiger partial charge in [0.15, 0.2) is 0 Å². The smallest absolute Gasteiger partial charge is 0.122 e. The Labute approximate surface area is 205 Å². The molecule has 33 heavy (non-hydrogen) atoms. The minimum absolute atomic E-state index is 0.0467. The molecule has 2 atom stereocenters. The number of phenols is 1. The highest BCUT2D eigenvalue weighted by molar-refractivity contribution is 7.48. The minimum atomic E-state index is -0.103. The van der Waals surface area contributed by atoms with Crippen molar-refractivity contribution in [2.24, 2.45) is 0 Å². The minimum Gasteiger partial charge on any atom is -0.507 e. The van der Waals surface area contributed by atoms with Crippen molar-refractivity contribution >= 4 is 13.9 Å². The third-order valence-corrected chi connectivity index (χ3v) is 8.65. The van der Waals surface area contributed by atoms with E-state index in [-0.39, 0.29) is 16.1 Å². The zero-order chi connectivity index (χ0) is 25.0. The average Bonchev–Trinajstić information content (AvgIpc) is 2.69.